The van der Waals surface area contributed by atoms with Gasteiger partial charge in [0.1, 0.15) is 0 Å². The van der Waals surface area contributed by atoms with Crippen LogP contribution in [0.15, 0.2) is 24.3 Å². The van der Waals surface area contributed by atoms with Crippen molar-refractivity contribution in [1.82, 2.24) is 14.9 Å². The smallest absolute Gasteiger partial charge is 0.404 e. The first kappa shape index (κ1) is 15.4. The average molecular weight is 303 g/mol. The van der Waals surface area contributed by atoms with Crippen LogP contribution < -0.4 is 16.8 Å². The number of hydrogen-bond acceptors (Lipinski definition) is 4. The molecule has 0 radical (unpaired) electrons. The molecule has 2 amide bonds. The monoisotopic (exact) mass is 303 g/mol. The summed E-state index contributed by atoms with van der Waals surface area (Å²) in [5.41, 5.74) is 13.8. The van der Waals surface area contributed by atoms with E-state index in [1.165, 1.54) is 0 Å². The third kappa shape index (κ3) is 3.17. The molecule has 116 valence electrons. The van der Waals surface area contributed by atoms with Crippen LogP contribution in [0, 0.1) is 6.92 Å². The Kier molecular flexibility index (Phi) is 4.31. The van der Waals surface area contributed by atoms with Gasteiger partial charge in [-0.1, -0.05) is 12.2 Å². The Labute approximate surface area is 126 Å². The number of fused-ring (bicyclic) bond motifs is 1. The number of hydrogen-bond donors (Lipinski definition) is 4. The van der Waals surface area contributed by atoms with Gasteiger partial charge in [-0.15, -0.1) is 0 Å². The summed E-state index contributed by atoms with van der Waals surface area (Å²) < 4.78 is 1.78. The number of primary amides is 1. The highest BCUT2D eigenvalue weighted by Gasteiger charge is 2.12. The first-order chi connectivity index (χ1) is 10.4. The van der Waals surface area contributed by atoms with Crippen LogP contribution in [0.3, 0.4) is 0 Å². The standard InChI is InChI=1S/C14H17N5O3/c1-8-6-9(12(15)20)7-10-11(8)19(13(16)18-10)5-3-2-4-17-14(21)22/h2-3,6-7,17H,4-5H2,1H3,(H2,15,20)(H2,16,18)(H,21,22). The number of nitrogens with one attached hydrogen (secondary N) is 1. The topological polar surface area (TPSA) is 136 Å². The maximum absolute atomic E-state index is 11.3. The predicted molar refractivity (Wildman–Crippen MR) is 82.6 cm³/mol. The molecular formula is C14H17N5O3. The van der Waals surface area contributed by atoms with E-state index in [9.17, 15) is 9.59 Å². The van der Waals surface area contributed by atoms with E-state index < -0.39 is 12.0 Å². The summed E-state index contributed by atoms with van der Waals surface area (Å²) in [5, 5.41) is 10.7. The van der Waals surface area contributed by atoms with E-state index in [-0.39, 0.29) is 6.54 Å². The number of nitrogens with two attached hydrogens (primary N) is 2. The molecule has 1 aromatic heterocycles. The lowest BCUT2D eigenvalue weighted by atomic mass is 10.1. The van der Waals surface area contributed by atoms with Crippen molar-refractivity contribution < 1.29 is 14.7 Å². The van der Waals surface area contributed by atoms with Crippen LogP contribution in [0.2, 0.25) is 0 Å². The maximum Gasteiger partial charge on any atom is 0.404 e. The van der Waals surface area contributed by atoms with Crippen molar-refractivity contribution in [3.63, 3.8) is 0 Å². The number of carboxylic acid groups (broad SMARTS) is 1. The van der Waals surface area contributed by atoms with Crippen LogP contribution in [-0.2, 0) is 6.54 Å². The zero-order valence-electron chi connectivity index (χ0n) is 12.0. The van der Waals surface area contributed by atoms with Crippen molar-refractivity contribution in [3.8, 4) is 0 Å². The second kappa shape index (κ2) is 6.17. The fourth-order valence-electron chi connectivity index (χ4n) is 2.23. The molecule has 0 atom stereocenters. The number of allylic oxidation sites excluding steroid dienone is 1. The molecule has 0 unspecified atom stereocenters. The predicted octanol–water partition coefficient (Wildman–Crippen LogP) is 0.850. The van der Waals surface area contributed by atoms with E-state index >= 15 is 0 Å². The van der Waals surface area contributed by atoms with E-state index in [0.717, 1.165) is 11.1 Å². The first-order valence-corrected chi connectivity index (χ1v) is 6.58. The van der Waals surface area contributed by atoms with Crippen molar-refractivity contribution in [3.05, 3.63) is 35.4 Å². The van der Waals surface area contributed by atoms with Gasteiger partial charge in [0.25, 0.3) is 0 Å². The molecule has 0 saturated carbocycles. The zero-order chi connectivity index (χ0) is 16.3. The third-order valence-corrected chi connectivity index (χ3v) is 3.17. The molecule has 0 saturated heterocycles. The minimum Gasteiger partial charge on any atom is -0.465 e. The van der Waals surface area contributed by atoms with Gasteiger partial charge in [0.2, 0.25) is 11.9 Å². The molecule has 0 bridgehead atoms. The summed E-state index contributed by atoms with van der Waals surface area (Å²) in [5.74, 6) is -0.201. The lowest BCUT2D eigenvalue weighted by Crippen LogP contribution is -2.20. The average Bonchev–Trinajstić information content (AvgIpc) is 2.74. The van der Waals surface area contributed by atoms with Crippen molar-refractivity contribution in [1.29, 1.82) is 0 Å². The number of carbonyl (C=O) groups is 2. The largest absolute Gasteiger partial charge is 0.465 e. The summed E-state index contributed by atoms with van der Waals surface area (Å²) in [4.78, 5) is 25.8. The molecule has 2 rings (SSSR count). The molecule has 0 aliphatic heterocycles. The SMILES string of the molecule is Cc1cc(C(N)=O)cc2nc(N)n(CC=CCNC(=O)O)c12. The first-order valence-electron chi connectivity index (χ1n) is 6.58. The lowest BCUT2D eigenvalue weighted by Gasteiger charge is -2.06. The minimum absolute atomic E-state index is 0.215. The number of benzene rings is 1. The van der Waals surface area contributed by atoms with Gasteiger partial charge < -0.3 is 26.5 Å². The molecule has 6 N–H and O–H groups in total. The van der Waals surface area contributed by atoms with E-state index in [4.69, 9.17) is 16.6 Å². The minimum atomic E-state index is -1.08. The van der Waals surface area contributed by atoms with Crippen LogP contribution in [-0.4, -0.2) is 33.2 Å². The summed E-state index contributed by atoms with van der Waals surface area (Å²) in [7, 11) is 0. The van der Waals surface area contributed by atoms with Crippen LogP contribution in [0.5, 0.6) is 0 Å². The highest BCUT2D eigenvalue weighted by Crippen LogP contribution is 2.23. The summed E-state index contributed by atoms with van der Waals surface area (Å²) >= 11 is 0. The van der Waals surface area contributed by atoms with Crippen LogP contribution >= 0.6 is 0 Å². The molecule has 0 spiro atoms. The maximum atomic E-state index is 11.3. The van der Waals surface area contributed by atoms with Crippen molar-refractivity contribution >= 4 is 29.0 Å². The Balaban J connectivity index is 2.28. The molecule has 22 heavy (non-hydrogen) atoms. The summed E-state index contributed by atoms with van der Waals surface area (Å²) in [6, 6.07) is 3.30. The van der Waals surface area contributed by atoms with Crippen LogP contribution in [0.4, 0.5) is 10.7 Å². The lowest BCUT2D eigenvalue weighted by molar-refractivity contribution is 0.1000. The van der Waals surface area contributed by atoms with E-state index in [1.807, 2.05) is 6.92 Å². The number of rotatable bonds is 5. The molecule has 8 heteroatoms. The molecule has 0 aliphatic rings. The van der Waals surface area contributed by atoms with E-state index in [1.54, 1.807) is 28.9 Å². The number of nitrogen functional groups attached to an aromatic ring is 1. The highest BCUT2D eigenvalue weighted by molar-refractivity contribution is 5.97. The van der Waals surface area contributed by atoms with Crippen LogP contribution in [0.25, 0.3) is 11.0 Å². The number of nitrogens with zero attached hydrogens (tertiary/aromatic N) is 2. The molecule has 1 aromatic carbocycles. The van der Waals surface area contributed by atoms with Gasteiger partial charge in [-0.2, -0.15) is 0 Å². The molecule has 0 aliphatic carbocycles. The van der Waals surface area contributed by atoms with Gasteiger partial charge in [-0.05, 0) is 24.6 Å². The molecule has 0 fully saturated rings. The van der Waals surface area contributed by atoms with Gasteiger partial charge in [-0.3, -0.25) is 4.79 Å². The van der Waals surface area contributed by atoms with Gasteiger partial charge in [-0.25, -0.2) is 9.78 Å². The van der Waals surface area contributed by atoms with E-state index in [2.05, 4.69) is 10.3 Å². The Morgan fingerprint density at radius 3 is 2.77 bits per heavy atom. The Hall–Kier alpha value is -3.03. The zero-order valence-corrected chi connectivity index (χ0v) is 12.0. The van der Waals surface area contributed by atoms with Gasteiger partial charge in [0, 0.05) is 18.7 Å². The number of aryl methyl sites for hydroxylation is 1. The number of imidazole rings is 1. The summed E-state index contributed by atoms with van der Waals surface area (Å²) in [6.07, 6.45) is 2.40. The second-order valence-corrected chi connectivity index (χ2v) is 4.76. The number of carbonyl (C=O) groups excluding carboxylic acids is 1. The Bertz CT molecular complexity index is 763. The van der Waals surface area contributed by atoms with Gasteiger partial charge in [0.05, 0.1) is 11.0 Å². The summed E-state index contributed by atoms with van der Waals surface area (Å²) in [6.45, 7) is 2.51. The Morgan fingerprint density at radius 1 is 1.41 bits per heavy atom. The third-order valence-electron chi connectivity index (χ3n) is 3.17. The van der Waals surface area contributed by atoms with Gasteiger partial charge >= 0.3 is 6.09 Å². The molecule has 8 nitrogen and oxygen atoms in total. The van der Waals surface area contributed by atoms with Crippen molar-refractivity contribution in [2.75, 3.05) is 12.3 Å². The quantitative estimate of drug-likeness (QED) is 0.607. The fraction of sp³-hybridized carbons (Fsp3) is 0.214. The molecular weight excluding hydrogens is 286 g/mol. The van der Waals surface area contributed by atoms with E-state index in [0.29, 0.717) is 23.6 Å². The Morgan fingerprint density at radius 2 is 2.14 bits per heavy atom. The molecule has 1 heterocycles. The van der Waals surface area contributed by atoms with Crippen molar-refractivity contribution in [2.24, 2.45) is 5.73 Å². The number of anilines is 1. The molecule has 2 aromatic rings. The second-order valence-electron chi connectivity index (χ2n) is 4.76. The van der Waals surface area contributed by atoms with Crippen molar-refractivity contribution in [2.45, 2.75) is 13.5 Å². The normalized spacial score (nSPS) is 11.1. The highest BCUT2D eigenvalue weighted by atomic mass is 16.4. The fourth-order valence-corrected chi connectivity index (χ4v) is 2.23. The number of aromatic nitrogens is 2. The van der Waals surface area contributed by atoms with Crippen LogP contribution in [0.1, 0.15) is 15.9 Å². The van der Waals surface area contributed by atoms with Gasteiger partial charge in [0.15, 0.2) is 0 Å². The number of amides is 2.